The van der Waals surface area contributed by atoms with E-state index in [9.17, 15) is 4.79 Å². The lowest BCUT2D eigenvalue weighted by Crippen LogP contribution is -2.25. The number of hydrogen-bond donors (Lipinski definition) is 1. The number of ether oxygens (including phenoxy) is 1. The molecule has 1 amide bonds. The molecule has 1 aromatic heterocycles. The summed E-state index contributed by atoms with van der Waals surface area (Å²) < 4.78 is 7.03. The van der Waals surface area contributed by atoms with Gasteiger partial charge in [-0.05, 0) is 38.0 Å². The molecular formula is C16H21ClN4O2. The monoisotopic (exact) mass is 336 g/mol. The molecule has 0 unspecified atom stereocenters. The van der Waals surface area contributed by atoms with Gasteiger partial charge in [0.1, 0.15) is 0 Å². The van der Waals surface area contributed by atoms with Crippen LogP contribution in [-0.2, 0) is 11.3 Å². The van der Waals surface area contributed by atoms with Crippen LogP contribution < -0.4 is 5.32 Å². The van der Waals surface area contributed by atoms with Crippen LogP contribution >= 0.6 is 11.6 Å². The maximum Gasteiger partial charge on any atom is 0.273 e. The Kier molecular flexibility index (Phi) is 6.55. The minimum Gasteiger partial charge on any atom is -0.379 e. The van der Waals surface area contributed by atoms with Crippen molar-refractivity contribution >= 4 is 17.5 Å². The lowest BCUT2D eigenvalue weighted by molar-refractivity contribution is 0.0756. The number of nitrogens with zero attached hydrogens (tertiary/aromatic N) is 3. The number of nitrogens with one attached hydrogen (secondary N) is 1. The maximum atomic E-state index is 12.0. The Balaban J connectivity index is 1.80. The van der Waals surface area contributed by atoms with E-state index < -0.39 is 0 Å². The van der Waals surface area contributed by atoms with Gasteiger partial charge in [0.05, 0.1) is 18.8 Å². The molecule has 0 aliphatic carbocycles. The Morgan fingerprint density at radius 2 is 2.26 bits per heavy atom. The number of carbonyl (C=O) groups excluding carboxylic acids is 1. The summed E-state index contributed by atoms with van der Waals surface area (Å²) in [5.41, 5.74) is 1.30. The van der Waals surface area contributed by atoms with Crippen LogP contribution in [0.3, 0.4) is 0 Å². The number of amides is 1. The van der Waals surface area contributed by atoms with E-state index in [1.807, 2.05) is 38.1 Å². The third kappa shape index (κ3) is 6.00. The predicted molar refractivity (Wildman–Crippen MR) is 88.6 cm³/mol. The summed E-state index contributed by atoms with van der Waals surface area (Å²) in [6.45, 7) is 5.66. The third-order valence-electron chi connectivity index (χ3n) is 3.06. The Labute approximate surface area is 140 Å². The largest absolute Gasteiger partial charge is 0.379 e. The van der Waals surface area contributed by atoms with Crippen molar-refractivity contribution in [2.45, 2.75) is 32.9 Å². The molecule has 0 atom stereocenters. The van der Waals surface area contributed by atoms with Crippen LogP contribution in [0.4, 0.5) is 0 Å². The first-order chi connectivity index (χ1) is 11.0. The van der Waals surface area contributed by atoms with E-state index in [1.165, 1.54) is 0 Å². The summed E-state index contributed by atoms with van der Waals surface area (Å²) in [6.07, 6.45) is 2.60. The van der Waals surface area contributed by atoms with E-state index in [0.717, 1.165) is 12.0 Å². The van der Waals surface area contributed by atoms with Crippen LogP contribution in [-0.4, -0.2) is 40.2 Å². The lowest BCUT2D eigenvalue weighted by Gasteiger charge is -2.07. The highest BCUT2D eigenvalue weighted by Crippen LogP contribution is 2.11. The van der Waals surface area contributed by atoms with E-state index in [1.54, 1.807) is 10.9 Å². The minimum absolute atomic E-state index is 0.206. The van der Waals surface area contributed by atoms with E-state index in [0.29, 0.717) is 30.4 Å². The SMILES string of the molecule is CC(C)OCCCNC(=O)c1cn(Cc2cccc(Cl)c2)nn1. The van der Waals surface area contributed by atoms with Crippen molar-refractivity contribution in [3.05, 3.63) is 46.7 Å². The van der Waals surface area contributed by atoms with Crippen LogP contribution in [0.15, 0.2) is 30.5 Å². The van der Waals surface area contributed by atoms with E-state index in [2.05, 4.69) is 15.6 Å². The van der Waals surface area contributed by atoms with Crippen LogP contribution in [0, 0.1) is 0 Å². The highest BCUT2D eigenvalue weighted by Gasteiger charge is 2.10. The second-order valence-electron chi connectivity index (χ2n) is 5.46. The average molecular weight is 337 g/mol. The number of halogens is 1. The fraction of sp³-hybridized carbons (Fsp3) is 0.438. The second kappa shape index (κ2) is 8.64. The molecule has 0 aliphatic heterocycles. The second-order valence-corrected chi connectivity index (χ2v) is 5.90. The van der Waals surface area contributed by atoms with Gasteiger partial charge in [0, 0.05) is 18.2 Å². The van der Waals surface area contributed by atoms with Gasteiger partial charge in [0.2, 0.25) is 0 Å². The Morgan fingerprint density at radius 3 is 3.00 bits per heavy atom. The molecular weight excluding hydrogens is 316 g/mol. The molecule has 2 aromatic rings. The Bertz CT molecular complexity index is 643. The summed E-state index contributed by atoms with van der Waals surface area (Å²) in [6, 6.07) is 7.50. The van der Waals surface area contributed by atoms with Gasteiger partial charge in [-0.25, -0.2) is 4.68 Å². The van der Waals surface area contributed by atoms with Crippen LogP contribution in [0.2, 0.25) is 5.02 Å². The number of aromatic nitrogens is 3. The third-order valence-corrected chi connectivity index (χ3v) is 3.30. The molecule has 2 rings (SSSR count). The quantitative estimate of drug-likeness (QED) is 0.752. The number of hydrogen-bond acceptors (Lipinski definition) is 4. The predicted octanol–water partition coefficient (Wildman–Crippen LogP) is 2.52. The molecule has 0 bridgehead atoms. The fourth-order valence-electron chi connectivity index (χ4n) is 1.99. The van der Waals surface area contributed by atoms with Crippen molar-refractivity contribution in [2.24, 2.45) is 0 Å². The normalized spacial score (nSPS) is 11.0. The molecule has 7 heteroatoms. The Morgan fingerprint density at radius 1 is 1.43 bits per heavy atom. The van der Waals surface area contributed by atoms with Gasteiger partial charge < -0.3 is 10.1 Å². The first-order valence-corrected chi connectivity index (χ1v) is 7.97. The van der Waals surface area contributed by atoms with Gasteiger partial charge in [0.25, 0.3) is 5.91 Å². The number of carbonyl (C=O) groups is 1. The maximum absolute atomic E-state index is 12.0. The van der Waals surface area contributed by atoms with E-state index in [4.69, 9.17) is 16.3 Å². The topological polar surface area (TPSA) is 69.0 Å². The van der Waals surface area contributed by atoms with Crippen molar-refractivity contribution in [2.75, 3.05) is 13.2 Å². The van der Waals surface area contributed by atoms with Crippen LogP contribution in [0.5, 0.6) is 0 Å². The van der Waals surface area contributed by atoms with Crippen molar-refractivity contribution in [1.82, 2.24) is 20.3 Å². The molecule has 6 nitrogen and oxygen atoms in total. The zero-order chi connectivity index (χ0) is 16.7. The van der Waals surface area contributed by atoms with Crippen LogP contribution in [0.1, 0.15) is 36.3 Å². The van der Waals surface area contributed by atoms with Crippen molar-refractivity contribution in [3.8, 4) is 0 Å². The summed E-state index contributed by atoms with van der Waals surface area (Å²) in [4.78, 5) is 12.0. The molecule has 0 aliphatic rings. The standard InChI is InChI=1S/C16H21ClN4O2/c1-12(2)23-8-4-7-18-16(22)15-11-21(20-19-15)10-13-5-3-6-14(17)9-13/h3,5-6,9,11-12H,4,7-8,10H2,1-2H3,(H,18,22). The van der Waals surface area contributed by atoms with E-state index in [-0.39, 0.29) is 12.0 Å². The summed E-state index contributed by atoms with van der Waals surface area (Å²) in [7, 11) is 0. The van der Waals surface area contributed by atoms with Gasteiger partial charge in [0.15, 0.2) is 5.69 Å². The highest BCUT2D eigenvalue weighted by atomic mass is 35.5. The first kappa shape index (κ1) is 17.4. The van der Waals surface area contributed by atoms with Crippen molar-refractivity contribution in [1.29, 1.82) is 0 Å². The lowest BCUT2D eigenvalue weighted by atomic mass is 10.2. The number of benzene rings is 1. The van der Waals surface area contributed by atoms with E-state index >= 15 is 0 Å². The van der Waals surface area contributed by atoms with Crippen molar-refractivity contribution in [3.63, 3.8) is 0 Å². The molecule has 1 aromatic carbocycles. The van der Waals surface area contributed by atoms with Gasteiger partial charge in [-0.1, -0.05) is 28.9 Å². The molecule has 0 spiro atoms. The zero-order valence-electron chi connectivity index (χ0n) is 13.3. The molecule has 0 fully saturated rings. The average Bonchev–Trinajstić information content (AvgIpc) is 2.95. The zero-order valence-corrected chi connectivity index (χ0v) is 14.1. The summed E-state index contributed by atoms with van der Waals surface area (Å²) >= 11 is 5.95. The molecule has 124 valence electrons. The smallest absolute Gasteiger partial charge is 0.273 e. The van der Waals surface area contributed by atoms with Crippen molar-refractivity contribution < 1.29 is 9.53 Å². The molecule has 1 heterocycles. The molecule has 1 N–H and O–H groups in total. The minimum atomic E-state index is -0.230. The summed E-state index contributed by atoms with van der Waals surface area (Å²) in [5.74, 6) is -0.230. The Hall–Kier alpha value is -1.92. The summed E-state index contributed by atoms with van der Waals surface area (Å²) in [5, 5.41) is 11.3. The van der Waals surface area contributed by atoms with Gasteiger partial charge in [-0.3, -0.25) is 4.79 Å². The fourth-order valence-corrected chi connectivity index (χ4v) is 2.20. The van der Waals surface area contributed by atoms with Crippen LogP contribution in [0.25, 0.3) is 0 Å². The van der Waals surface area contributed by atoms with Gasteiger partial charge in [-0.2, -0.15) is 0 Å². The molecule has 0 saturated carbocycles. The highest BCUT2D eigenvalue weighted by molar-refractivity contribution is 6.30. The van der Waals surface area contributed by atoms with Gasteiger partial charge in [-0.15, -0.1) is 5.10 Å². The van der Waals surface area contributed by atoms with Gasteiger partial charge >= 0.3 is 0 Å². The molecule has 0 radical (unpaired) electrons. The first-order valence-electron chi connectivity index (χ1n) is 7.59. The molecule has 0 saturated heterocycles. The molecule has 23 heavy (non-hydrogen) atoms. The number of rotatable bonds is 8.